The molecule has 2 N–H and O–H groups in total. The van der Waals surface area contributed by atoms with Crippen molar-refractivity contribution in [3.05, 3.63) is 21.6 Å². The fourth-order valence-electron chi connectivity index (χ4n) is 1.69. The third-order valence-corrected chi connectivity index (χ3v) is 2.67. The van der Waals surface area contributed by atoms with Gasteiger partial charge in [0.2, 0.25) is 5.15 Å². The van der Waals surface area contributed by atoms with Gasteiger partial charge in [-0.05, 0) is 30.9 Å². The Morgan fingerprint density at radius 3 is 2.85 bits per heavy atom. The number of fused-ring (bicyclic) bond motifs is 1. The summed E-state index contributed by atoms with van der Waals surface area (Å²) in [6.07, 6.45) is 3.68. The van der Waals surface area contributed by atoms with Gasteiger partial charge in [0, 0.05) is 12.0 Å². The molecule has 1 aromatic heterocycles. The molecular formula is C8H10ClN3O. The summed E-state index contributed by atoms with van der Waals surface area (Å²) >= 11 is 5.88. The van der Waals surface area contributed by atoms with E-state index in [9.17, 15) is 5.21 Å². The van der Waals surface area contributed by atoms with Crippen LogP contribution in [0.3, 0.4) is 0 Å². The molecule has 0 aliphatic heterocycles. The Morgan fingerprint density at radius 2 is 2.08 bits per heavy atom. The zero-order chi connectivity index (χ0) is 9.42. The number of hydrogen-bond acceptors (Lipinski definition) is 3. The van der Waals surface area contributed by atoms with Crippen molar-refractivity contribution in [2.24, 2.45) is 0 Å². The minimum absolute atomic E-state index is 0.0503. The van der Waals surface area contributed by atoms with Crippen molar-refractivity contribution in [3.63, 3.8) is 0 Å². The smallest absolute Gasteiger partial charge is 0.391 e. The number of rotatable bonds is 0. The highest BCUT2D eigenvalue weighted by Crippen LogP contribution is 2.24. The van der Waals surface area contributed by atoms with Crippen molar-refractivity contribution in [2.45, 2.75) is 25.7 Å². The Labute approximate surface area is 80.9 Å². The molecule has 0 amide bonds. The van der Waals surface area contributed by atoms with Crippen LogP contribution in [0.1, 0.15) is 24.1 Å². The Balaban J connectivity index is 2.63. The lowest BCUT2D eigenvalue weighted by atomic mass is 9.97. The molecule has 0 spiro atoms. The van der Waals surface area contributed by atoms with E-state index >= 15 is 0 Å². The van der Waals surface area contributed by atoms with Crippen molar-refractivity contribution >= 4 is 17.5 Å². The van der Waals surface area contributed by atoms with Gasteiger partial charge < -0.3 is 5.21 Å². The van der Waals surface area contributed by atoms with Crippen LogP contribution >= 0.6 is 11.6 Å². The summed E-state index contributed by atoms with van der Waals surface area (Å²) in [5.74, 6) is -0.0503. The summed E-state index contributed by atoms with van der Waals surface area (Å²) in [7, 11) is 0. The van der Waals surface area contributed by atoms with E-state index in [0.29, 0.717) is 15.6 Å². The standard InChI is InChI=1S/C8H10ClN3O/c9-7-5-3-1-2-4-6(5)12(13)8(10)11-7/h1-4H2,(H2,10,11). The maximum absolute atomic E-state index is 11.4. The quantitative estimate of drug-likeness (QED) is 0.382. The number of halogens is 1. The molecule has 2 rings (SSSR count). The lowest BCUT2D eigenvalue weighted by Crippen LogP contribution is -2.39. The van der Waals surface area contributed by atoms with Gasteiger partial charge in [-0.2, -0.15) is 0 Å². The highest BCUT2D eigenvalue weighted by Gasteiger charge is 2.21. The van der Waals surface area contributed by atoms with Gasteiger partial charge in [0.1, 0.15) is 0 Å². The molecule has 0 saturated carbocycles. The first-order valence-electron chi connectivity index (χ1n) is 4.26. The second-order valence-electron chi connectivity index (χ2n) is 3.19. The van der Waals surface area contributed by atoms with Crippen LogP contribution in [0.15, 0.2) is 0 Å². The van der Waals surface area contributed by atoms with Gasteiger partial charge in [-0.1, -0.05) is 4.98 Å². The summed E-state index contributed by atoms with van der Waals surface area (Å²) in [6, 6.07) is 0. The van der Waals surface area contributed by atoms with Gasteiger partial charge in [-0.15, -0.1) is 0 Å². The van der Waals surface area contributed by atoms with Gasteiger partial charge in [-0.25, -0.2) is 4.73 Å². The van der Waals surface area contributed by atoms with Gasteiger partial charge in [-0.3, -0.25) is 5.73 Å². The van der Waals surface area contributed by atoms with Crippen LogP contribution in [0.4, 0.5) is 5.95 Å². The number of aromatic nitrogens is 2. The van der Waals surface area contributed by atoms with E-state index < -0.39 is 0 Å². The maximum Gasteiger partial charge on any atom is 0.391 e. The molecule has 1 aliphatic carbocycles. The van der Waals surface area contributed by atoms with Crippen molar-refractivity contribution in [2.75, 3.05) is 5.73 Å². The molecule has 0 atom stereocenters. The third kappa shape index (κ3) is 1.31. The molecular weight excluding hydrogens is 190 g/mol. The second kappa shape index (κ2) is 3.03. The van der Waals surface area contributed by atoms with Crippen LogP contribution in [-0.2, 0) is 12.8 Å². The third-order valence-electron chi connectivity index (χ3n) is 2.35. The highest BCUT2D eigenvalue weighted by molar-refractivity contribution is 6.30. The molecule has 1 aliphatic rings. The van der Waals surface area contributed by atoms with Crippen molar-refractivity contribution in [3.8, 4) is 0 Å². The molecule has 0 fully saturated rings. The van der Waals surface area contributed by atoms with E-state index in [-0.39, 0.29) is 5.95 Å². The van der Waals surface area contributed by atoms with Crippen LogP contribution in [0, 0.1) is 5.21 Å². The molecule has 0 aromatic carbocycles. The highest BCUT2D eigenvalue weighted by atomic mass is 35.5. The van der Waals surface area contributed by atoms with E-state index in [2.05, 4.69) is 4.98 Å². The monoisotopic (exact) mass is 199 g/mol. The molecule has 70 valence electrons. The molecule has 0 unspecified atom stereocenters. The molecule has 0 bridgehead atoms. The predicted molar refractivity (Wildman–Crippen MR) is 49.3 cm³/mol. The summed E-state index contributed by atoms with van der Waals surface area (Å²) < 4.78 is 0.695. The van der Waals surface area contributed by atoms with Gasteiger partial charge in [0.25, 0.3) is 0 Å². The Bertz CT molecular complexity index is 354. The molecule has 4 nitrogen and oxygen atoms in total. The lowest BCUT2D eigenvalue weighted by molar-refractivity contribution is -0.602. The van der Waals surface area contributed by atoms with Crippen LogP contribution in [0.25, 0.3) is 0 Å². The summed E-state index contributed by atoms with van der Waals surface area (Å²) in [4.78, 5) is 3.78. The molecule has 0 radical (unpaired) electrons. The number of nitrogen functional groups attached to an aromatic ring is 1. The topological polar surface area (TPSA) is 65.8 Å². The predicted octanol–water partition coefficient (Wildman–Crippen LogP) is 0.829. The fraction of sp³-hybridized carbons (Fsp3) is 0.500. The van der Waals surface area contributed by atoms with Crippen LogP contribution in [0.5, 0.6) is 0 Å². The Kier molecular flexibility index (Phi) is 2.00. The first-order chi connectivity index (χ1) is 6.20. The Morgan fingerprint density at radius 1 is 1.38 bits per heavy atom. The normalized spacial score (nSPS) is 15.5. The van der Waals surface area contributed by atoms with Gasteiger partial charge in [0.15, 0.2) is 0 Å². The molecule has 1 aromatic rings. The number of anilines is 1. The number of hydrogen-bond donors (Lipinski definition) is 1. The summed E-state index contributed by atoms with van der Waals surface area (Å²) in [5, 5.41) is 11.8. The number of nitrogens with two attached hydrogens (primary N) is 1. The average Bonchev–Trinajstić information content (AvgIpc) is 2.15. The van der Waals surface area contributed by atoms with Crippen LogP contribution in [-0.4, -0.2) is 4.98 Å². The zero-order valence-corrected chi connectivity index (χ0v) is 7.84. The van der Waals surface area contributed by atoms with Crippen LogP contribution in [0.2, 0.25) is 5.15 Å². The van der Waals surface area contributed by atoms with Crippen molar-refractivity contribution < 1.29 is 4.73 Å². The summed E-state index contributed by atoms with van der Waals surface area (Å²) in [5.41, 5.74) is 6.97. The van der Waals surface area contributed by atoms with E-state index in [4.69, 9.17) is 17.3 Å². The molecule has 0 saturated heterocycles. The minimum atomic E-state index is -0.0503. The first-order valence-corrected chi connectivity index (χ1v) is 4.64. The van der Waals surface area contributed by atoms with Crippen molar-refractivity contribution in [1.29, 1.82) is 0 Å². The average molecular weight is 200 g/mol. The van der Waals surface area contributed by atoms with E-state index in [1.165, 1.54) is 0 Å². The first kappa shape index (κ1) is 8.56. The lowest BCUT2D eigenvalue weighted by Gasteiger charge is -2.19. The molecule has 5 heteroatoms. The van der Waals surface area contributed by atoms with E-state index in [1.54, 1.807) is 0 Å². The fourth-order valence-corrected chi connectivity index (χ4v) is 1.98. The van der Waals surface area contributed by atoms with Crippen LogP contribution < -0.4 is 10.5 Å². The zero-order valence-electron chi connectivity index (χ0n) is 7.09. The number of nitrogens with zero attached hydrogens (tertiary/aromatic N) is 2. The molecule has 1 heterocycles. The minimum Gasteiger partial charge on any atom is -0.740 e. The molecule has 13 heavy (non-hydrogen) atoms. The van der Waals surface area contributed by atoms with Gasteiger partial charge in [0.05, 0.1) is 5.69 Å². The van der Waals surface area contributed by atoms with E-state index in [0.717, 1.165) is 31.2 Å². The second-order valence-corrected chi connectivity index (χ2v) is 3.55. The van der Waals surface area contributed by atoms with Crippen molar-refractivity contribution in [1.82, 2.24) is 4.98 Å². The van der Waals surface area contributed by atoms with Gasteiger partial charge >= 0.3 is 5.95 Å². The maximum atomic E-state index is 11.4. The van der Waals surface area contributed by atoms with E-state index in [1.807, 2.05) is 0 Å². The Hall–Kier alpha value is -1.03. The summed E-state index contributed by atoms with van der Waals surface area (Å²) in [6.45, 7) is 0. The SMILES string of the molecule is Nc1nc(Cl)c2c([n+]1[O-])CCCC2. The largest absolute Gasteiger partial charge is 0.740 e.